The highest BCUT2D eigenvalue weighted by atomic mass is 79.9. The smallest absolute Gasteiger partial charge is 0.254 e. The lowest BCUT2D eigenvalue weighted by atomic mass is 10.1. The van der Waals surface area contributed by atoms with Crippen LogP contribution in [0.15, 0.2) is 64.1 Å². The Balaban J connectivity index is 1.39. The summed E-state index contributed by atoms with van der Waals surface area (Å²) in [5, 5.41) is 5.73. The Morgan fingerprint density at radius 1 is 0.939 bits per heavy atom. The quantitative estimate of drug-likeness (QED) is 0.364. The molecule has 1 aliphatic rings. The molecule has 1 saturated heterocycles. The molecule has 2 aromatic heterocycles. The van der Waals surface area contributed by atoms with Crippen molar-refractivity contribution >= 4 is 60.9 Å². The van der Waals surface area contributed by atoms with E-state index in [1.165, 1.54) is 4.31 Å². The van der Waals surface area contributed by atoms with Crippen LogP contribution < -0.4 is 4.90 Å². The minimum atomic E-state index is -3.56. The molecule has 0 unspecified atom stereocenters. The minimum Gasteiger partial charge on any atom is -0.337 e. The third kappa shape index (κ3) is 4.33. The van der Waals surface area contributed by atoms with Gasteiger partial charge in [-0.15, -0.1) is 5.10 Å². The van der Waals surface area contributed by atoms with Crippen molar-refractivity contribution in [3.63, 3.8) is 0 Å². The number of nitrogens with zero attached hydrogens (tertiary/aromatic N) is 6. The van der Waals surface area contributed by atoms with Crippen molar-refractivity contribution in [2.45, 2.75) is 4.90 Å². The highest BCUT2D eigenvalue weighted by Crippen LogP contribution is 2.31. The Bertz CT molecular complexity index is 1440. The Morgan fingerprint density at radius 2 is 1.67 bits per heavy atom. The topological polar surface area (TPSA) is 83.7 Å². The van der Waals surface area contributed by atoms with Crippen LogP contribution in [0.3, 0.4) is 0 Å². The molecule has 4 aromatic rings. The summed E-state index contributed by atoms with van der Waals surface area (Å²) >= 11 is 15.9. The summed E-state index contributed by atoms with van der Waals surface area (Å²) in [6.07, 6.45) is 1.64. The second-order valence-corrected chi connectivity index (χ2v) is 11.1. The summed E-state index contributed by atoms with van der Waals surface area (Å²) in [5.74, 6) is 0.900. The van der Waals surface area contributed by atoms with Crippen LogP contribution in [0.4, 0.5) is 5.95 Å². The van der Waals surface area contributed by atoms with Crippen LogP contribution in [0.5, 0.6) is 0 Å². The van der Waals surface area contributed by atoms with E-state index in [9.17, 15) is 8.42 Å². The Labute approximate surface area is 208 Å². The molecular formula is C21H17BrCl2N6O2S. The standard InChI is InChI=1S/C21H17BrCl2N6O2S/c22-14-1-4-16(5-2-14)33(31,32)29-11-9-28(10-12-29)21-26-20-25-8-7-19(30(20)27-21)17-13-15(23)3-6-18(17)24/h1-8,13H,9-12H2. The van der Waals surface area contributed by atoms with Gasteiger partial charge in [-0.05, 0) is 48.5 Å². The highest BCUT2D eigenvalue weighted by Gasteiger charge is 2.30. The summed E-state index contributed by atoms with van der Waals surface area (Å²) in [6.45, 7) is 1.57. The van der Waals surface area contributed by atoms with Gasteiger partial charge in [0, 0.05) is 47.4 Å². The lowest BCUT2D eigenvalue weighted by molar-refractivity contribution is 0.382. The zero-order chi connectivity index (χ0) is 23.2. The van der Waals surface area contributed by atoms with Gasteiger partial charge in [0.2, 0.25) is 16.0 Å². The predicted octanol–water partition coefficient (Wildman–Crippen LogP) is 4.37. The SMILES string of the molecule is O=S(=O)(c1ccc(Br)cc1)N1CCN(c2nc3nccc(-c4cc(Cl)ccc4Cl)n3n2)CC1. The number of sulfonamides is 1. The number of anilines is 1. The first-order chi connectivity index (χ1) is 15.8. The molecule has 0 spiro atoms. The van der Waals surface area contributed by atoms with Crippen molar-refractivity contribution in [3.05, 3.63) is 69.2 Å². The van der Waals surface area contributed by atoms with Crippen molar-refractivity contribution in [2.24, 2.45) is 0 Å². The van der Waals surface area contributed by atoms with E-state index in [0.717, 1.165) is 10.0 Å². The number of fused-ring (bicyclic) bond motifs is 1. The fraction of sp³-hybridized carbons (Fsp3) is 0.190. The number of rotatable bonds is 4. The molecule has 0 N–H and O–H groups in total. The fourth-order valence-electron chi connectivity index (χ4n) is 3.70. The van der Waals surface area contributed by atoms with E-state index in [1.54, 1.807) is 59.2 Å². The molecule has 12 heteroatoms. The van der Waals surface area contributed by atoms with Crippen LogP contribution >= 0.6 is 39.1 Å². The van der Waals surface area contributed by atoms with Gasteiger partial charge in [-0.1, -0.05) is 39.1 Å². The number of halogens is 3. The molecule has 3 heterocycles. The monoisotopic (exact) mass is 566 g/mol. The van der Waals surface area contributed by atoms with Crippen LogP contribution in [-0.2, 0) is 10.0 Å². The maximum absolute atomic E-state index is 13.0. The molecule has 0 bridgehead atoms. The average molecular weight is 568 g/mol. The van der Waals surface area contributed by atoms with Gasteiger partial charge >= 0.3 is 0 Å². The van der Waals surface area contributed by atoms with Gasteiger partial charge in [-0.3, -0.25) is 0 Å². The second-order valence-electron chi connectivity index (χ2n) is 7.42. The number of piperazine rings is 1. The third-order valence-electron chi connectivity index (χ3n) is 5.41. The highest BCUT2D eigenvalue weighted by molar-refractivity contribution is 9.10. The zero-order valence-electron chi connectivity index (χ0n) is 17.1. The normalized spacial score (nSPS) is 15.3. The summed E-state index contributed by atoms with van der Waals surface area (Å²) in [4.78, 5) is 11.1. The first kappa shape index (κ1) is 22.5. The van der Waals surface area contributed by atoms with Crippen molar-refractivity contribution < 1.29 is 8.42 Å². The van der Waals surface area contributed by atoms with Crippen LogP contribution in [-0.4, -0.2) is 58.5 Å². The molecule has 2 aromatic carbocycles. The van der Waals surface area contributed by atoms with Gasteiger partial charge in [-0.2, -0.15) is 13.8 Å². The number of hydrogen-bond acceptors (Lipinski definition) is 6. The van der Waals surface area contributed by atoms with Crippen LogP contribution in [0.1, 0.15) is 0 Å². The molecule has 1 aliphatic heterocycles. The summed E-state index contributed by atoms with van der Waals surface area (Å²) in [7, 11) is -3.56. The largest absolute Gasteiger partial charge is 0.337 e. The molecule has 33 heavy (non-hydrogen) atoms. The second kappa shape index (κ2) is 8.84. The van der Waals surface area contributed by atoms with Crippen LogP contribution in [0, 0.1) is 0 Å². The van der Waals surface area contributed by atoms with E-state index < -0.39 is 10.0 Å². The van der Waals surface area contributed by atoms with Crippen molar-refractivity contribution in [1.82, 2.24) is 23.9 Å². The zero-order valence-corrected chi connectivity index (χ0v) is 21.0. The van der Waals surface area contributed by atoms with Gasteiger partial charge in [0.1, 0.15) is 0 Å². The lowest BCUT2D eigenvalue weighted by Gasteiger charge is -2.33. The molecule has 8 nitrogen and oxygen atoms in total. The molecule has 5 rings (SSSR count). The van der Waals surface area contributed by atoms with Crippen molar-refractivity contribution in [1.29, 1.82) is 0 Å². The fourth-order valence-corrected chi connectivity index (χ4v) is 5.77. The molecule has 170 valence electrons. The van der Waals surface area contributed by atoms with Gasteiger partial charge in [0.25, 0.3) is 5.78 Å². The predicted molar refractivity (Wildman–Crippen MR) is 131 cm³/mol. The Morgan fingerprint density at radius 3 is 2.39 bits per heavy atom. The minimum absolute atomic E-state index is 0.275. The van der Waals surface area contributed by atoms with E-state index in [1.807, 2.05) is 4.90 Å². The van der Waals surface area contributed by atoms with Gasteiger partial charge in [0.05, 0.1) is 15.6 Å². The Kier molecular flexibility index (Phi) is 6.04. The number of aromatic nitrogens is 4. The molecule has 0 amide bonds. The summed E-state index contributed by atoms with van der Waals surface area (Å²) in [5.41, 5.74) is 1.43. The lowest BCUT2D eigenvalue weighted by Crippen LogP contribution is -2.49. The van der Waals surface area contributed by atoms with E-state index in [2.05, 4.69) is 31.0 Å². The van der Waals surface area contributed by atoms with E-state index in [4.69, 9.17) is 23.2 Å². The number of benzene rings is 2. The molecule has 1 fully saturated rings. The molecular weight excluding hydrogens is 551 g/mol. The summed E-state index contributed by atoms with van der Waals surface area (Å²) < 4.78 is 29.9. The van der Waals surface area contributed by atoms with Gasteiger partial charge in [0.15, 0.2) is 0 Å². The maximum Gasteiger partial charge on any atom is 0.254 e. The first-order valence-corrected chi connectivity index (χ1v) is 13.0. The molecule has 0 saturated carbocycles. The van der Waals surface area contributed by atoms with Crippen LogP contribution in [0.25, 0.3) is 17.0 Å². The van der Waals surface area contributed by atoms with E-state index in [-0.39, 0.29) is 4.90 Å². The molecule has 0 atom stereocenters. The van der Waals surface area contributed by atoms with Crippen molar-refractivity contribution in [3.8, 4) is 11.3 Å². The summed E-state index contributed by atoms with van der Waals surface area (Å²) in [6, 6.07) is 13.7. The molecule has 0 radical (unpaired) electrons. The van der Waals surface area contributed by atoms with Gasteiger partial charge in [-0.25, -0.2) is 13.4 Å². The van der Waals surface area contributed by atoms with Crippen molar-refractivity contribution in [2.75, 3.05) is 31.1 Å². The third-order valence-corrected chi connectivity index (χ3v) is 8.41. The van der Waals surface area contributed by atoms with Gasteiger partial charge < -0.3 is 4.90 Å². The number of hydrogen-bond donors (Lipinski definition) is 0. The molecule has 0 aliphatic carbocycles. The maximum atomic E-state index is 13.0. The first-order valence-electron chi connectivity index (χ1n) is 10.0. The average Bonchev–Trinajstić information content (AvgIpc) is 3.26. The van der Waals surface area contributed by atoms with E-state index in [0.29, 0.717) is 53.6 Å². The Hall–Kier alpha value is -2.24. The van der Waals surface area contributed by atoms with Crippen LogP contribution in [0.2, 0.25) is 10.0 Å². The van der Waals surface area contributed by atoms with E-state index >= 15 is 0 Å².